The van der Waals surface area contributed by atoms with Crippen molar-refractivity contribution >= 4 is 27.8 Å². The molecule has 1 aromatic carbocycles. The molecule has 1 amide bonds. The van der Waals surface area contributed by atoms with E-state index < -0.39 is 11.4 Å². The monoisotopic (exact) mass is 379 g/mol. The maximum atomic E-state index is 12.5. The zero-order chi connectivity index (χ0) is 16.4. The Kier molecular flexibility index (Phi) is 4.76. The fourth-order valence-electron chi connectivity index (χ4n) is 3.72. The van der Waals surface area contributed by atoms with Crippen LogP contribution in [0.5, 0.6) is 0 Å². The van der Waals surface area contributed by atoms with Crippen molar-refractivity contribution < 1.29 is 14.7 Å². The number of carbonyl (C=O) groups is 2. The fourth-order valence-corrected chi connectivity index (χ4v) is 4.33. The molecule has 3 rings (SSSR count). The number of carboxylic acid groups (broad SMARTS) is 1. The Morgan fingerprint density at radius 1 is 1.22 bits per heavy atom. The number of hydrogen-bond donors (Lipinski definition) is 1. The molecule has 0 radical (unpaired) electrons. The van der Waals surface area contributed by atoms with Crippen molar-refractivity contribution in [3.05, 3.63) is 34.3 Å². The van der Waals surface area contributed by atoms with E-state index in [4.69, 9.17) is 0 Å². The Labute approximate surface area is 145 Å². The molecule has 0 spiro atoms. The largest absolute Gasteiger partial charge is 0.481 e. The van der Waals surface area contributed by atoms with Gasteiger partial charge in [0.2, 0.25) is 5.91 Å². The van der Waals surface area contributed by atoms with Crippen LogP contribution in [0.3, 0.4) is 0 Å². The Balaban J connectivity index is 1.58. The summed E-state index contributed by atoms with van der Waals surface area (Å²) in [5, 5.41) is 9.38. The van der Waals surface area contributed by atoms with Crippen LogP contribution in [0, 0.1) is 5.41 Å². The molecule has 2 fully saturated rings. The third-order valence-electron chi connectivity index (χ3n) is 5.45. The number of amides is 1. The summed E-state index contributed by atoms with van der Waals surface area (Å²) >= 11 is 3.60. The molecule has 1 N–H and O–H groups in total. The van der Waals surface area contributed by atoms with Gasteiger partial charge in [-0.05, 0) is 43.2 Å². The maximum Gasteiger partial charge on any atom is 0.310 e. The molecule has 124 valence electrons. The fraction of sp³-hybridized carbons (Fsp3) is 0.556. The van der Waals surface area contributed by atoms with Crippen LogP contribution in [0.15, 0.2) is 28.7 Å². The summed E-state index contributed by atoms with van der Waals surface area (Å²) in [6, 6.07) is 8.25. The van der Waals surface area contributed by atoms with Gasteiger partial charge in [-0.1, -0.05) is 40.5 Å². The number of hydrogen-bond acceptors (Lipinski definition) is 2. The number of carbonyl (C=O) groups excluding carboxylic acids is 1. The predicted octanol–water partition coefficient (Wildman–Crippen LogP) is 3.80. The minimum Gasteiger partial charge on any atom is -0.481 e. The molecule has 1 aliphatic heterocycles. The Morgan fingerprint density at radius 3 is 2.39 bits per heavy atom. The highest BCUT2D eigenvalue weighted by atomic mass is 79.9. The van der Waals surface area contributed by atoms with Crippen molar-refractivity contribution in [2.24, 2.45) is 5.41 Å². The van der Waals surface area contributed by atoms with E-state index in [-0.39, 0.29) is 12.3 Å². The number of nitrogens with zero attached hydrogens (tertiary/aromatic N) is 1. The van der Waals surface area contributed by atoms with Crippen molar-refractivity contribution in [3.63, 3.8) is 0 Å². The summed E-state index contributed by atoms with van der Waals surface area (Å²) < 4.78 is 1.13. The quantitative estimate of drug-likeness (QED) is 0.865. The topological polar surface area (TPSA) is 57.6 Å². The Bertz CT molecular complexity index is 604. The van der Waals surface area contributed by atoms with Crippen molar-refractivity contribution in [2.45, 2.75) is 44.4 Å². The average molecular weight is 380 g/mol. The predicted molar refractivity (Wildman–Crippen MR) is 91.2 cm³/mol. The minimum atomic E-state index is -0.805. The van der Waals surface area contributed by atoms with Crippen LogP contribution in [0.1, 0.15) is 50.0 Å². The van der Waals surface area contributed by atoms with Gasteiger partial charge < -0.3 is 10.0 Å². The van der Waals surface area contributed by atoms with Crippen molar-refractivity contribution in [1.82, 2.24) is 4.90 Å². The van der Waals surface area contributed by atoms with Gasteiger partial charge in [0.25, 0.3) is 0 Å². The number of carboxylic acids is 1. The molecular weight excluding hydrogens is 358 g/mol. The molecule has 1 aliphatic carbocycles. The summed E-state index contributed by atoms with van der Waals surface area (Å²) in [6.07, 6.45) is 4.25. The number of rotatable bonds is 4. The summed E-state index contributed by atoms with van der Waals surface area (Å²) in [5.41, 5.74) is 0.525. The van der Waals surface area contributed by atoms with E-state index in [2.05, 4.69) is 28.1 Å². The molecule has 5 heteroatoms. The van der Waals surface area contributed by atoms with E-state index >= 15 is 0 Å². The van der Waals surface area contributed by atoms with E-state index in [0.717, 1.165) is 36.8 Å². The van der Waals surface area contributed by atoms with Crippen molar-refractivity contribution in [1.29, 1.82) is 0 Å². The average Bonchev–Trinajstić information content (AvgIpc) is 2.51. The smallest absolute Gasteiger partial charge is 0.310 e. The van der Waals surface area contributed by atoms with Gasteiger partial charge >= 0.3 is 5.97 Å². The van der Waals surface area contributed by atoms with Crippen LogP contribution in [0.2, 0.25) is 0 Å². The molecule has 1 aromatic rings. The zero-order valence-corrected chi connectivity index (χ0v) is 14.7. The molecule has 0 atom stereocenters. The first-order valence-electron chi connectivity index (χ1n) is 8.27. The minimum absolute atomic E-state index is 0.0117. The first-order valence-corrected chi connectivity index (χ1v) is 9.07. The number of benzene rings is 1. The number of piperidine rings is 1. The molecule has 1 saturated carbocycles. The lowest BCUT2D eigenvalue weighted by molar-refractivity contribution is -0.159. The van der Waals surface area contributed by atoms with Gasteiger partial charge in [-0.3, -0.25) is 9.59 Å². The lowest BCUT2D eigenvalue weighted by Gasteiger charge is -2.40. The number of halogens is 1. The normalized spacial score (nSPS) is 20.8. The van der Waals surface area contributed by atoms with Crippen molar-refractivity contribution in [3.8, 4) is 0 Å². The molecule has 1 saturated heterocycles. The van der Waals surface area contributed by atoms with Gasteiger partial charge in [0.1, 0.15) is 0 Å². The van der Waals surface area contributed by atoms with Gasteiger partial charge in [0.15, 0.2) is 0 Å². The van der Waals surface area contributed by atoms with Crippen molar-refractivity contribution in [2.75, 3.05) is 13.1 Å². The molecule has 0 bridgehead atoms. The van der Waals surface area contributed by atoms with Gasteiger partial charge in [0, 0.05) is 24.0 Å². The third kappa shape index (κ3) is 3.30. The van der Waals surface area contributed by atoms with Crippen LogP contribution in [-0.2, 0) is 9.59 Å². The SMILES string of the molecule is O=C(CC1(C(=O)O)CCC1)N1CCC(c2ccccc2Br)CC1. The molecule has 0 aromatic heterocycles. The first kappa shape index (κ1) is 16.5. The molecule has 4 nitrogen and oxygen atoms in total. The summed E-state index contributed by atoms with van der Waals surface area (Å²) in [7, 11) is 0. The summed E-state index contributed by atoms with van der Waals surface area (Å²) in [4.78, 5) is 25.8. The van der Waals surface area contributed by atoms with Crippen LogP contribution in [0.4, 0.5) is 0 Å². The second-order valence-corrected chi connectivity index (χ2v) is 7.65. The van der Waals surface area contributed by atoms with Gasteiger partial charge in [-0.25, -0.2) is 0 Å². The van der Waals surface area contributed by atoms with Gasteiger partial charge in [-0.2, -0.15) is 0 Å². The second-order valence-electron chi connectivity index (χ2n) is 6.79. The standard InChI is InChI=1S/C18H22BrNO3/c19-15-5-2-1-4-14(15)13-6-10-20(11-7-13)16(21)12-18(17(22)23)8-3-9-18/h1-2,4-5,13H,3,6-12H2,(H,22,23). The highest BCUT2D eigenvalue weighted by molar-refractivity contribution is 9.10. The number of aliphatic carboxylic acids is 1. The van der Waals surface area contributed by atoms with Crippen LogP contribution < -0.4 is 0 Å². The van der Waals surface area contributed by atoms with E-state index in [1.54, 1.807) is 0 Å². The highest BCUT2D eigenvalue weighted by Gasteiger charge is 2.46. The summed E-state index contributed by atoms with van der Waals surface area (Å²) in [6.45, 7) is 1.45. The second kappa shape index (κ2) is 6.63. The van der Waals surface area contributed by atoms with Crippen LogP contribution in [-0.4, -0.2) is 35.0 Å². The highest BCUT2D eigenvalue weighted by Crippen LogP contribution is 2.45. The summed E-state index contributed by atoms with van der Waals surface area (Å²) in [5.74, 6) is -0.329. The lowest BCUT2D eigenvalue weighted by Crippen LogP contribution is -2.45. The third-order valence-corrected chi connectivity index (χ3v) is 6.17. The zero-order valence-electron chi connectivity index (χ0n) is 13.1. The molecule has 23 heavy (non-hydrogen) atoms. The van der Waals surface area contributed by atoms with E-state index in [0.29, 0.717) is 18.8 Å². The molecule has 0 unspecified atom stereocenters. The molecular formula is C18H22BrNO3. The first-order chi connectivity index (χ1) is 11.0. The van der Waals surface area contributed by atoms with Gasteiger partial charge in [-0.15, -0.1) is 0 Å². The Hall–Kier alpha value is -1.36. The lowest BCUT2D eigenvalue weighted by atomic mass is 9.66. The van der Waals surface area contributed by atoms with Crippen LogP contribution >= 0.6 is 15.9 Å². The van der Waals surface area contributed by atoms with E-state index in [9.17, 15) is 14.7 Å². The van der Waals surface area contributed by atoms with E-state index in [1.165, 1.54) is 5.56 Å². The molecule has 1 heterocycles. The number of likely N-dealkylation sites (tertiary alicyclic amines) is 1. The Morgan fingerprint density at radius 2 is 1.87 bits per heavy atom. The van der Waals surface area contributed by atoms with E-state index in [1.807, 2.05) is 17.0 Å². The maximum absolute atomic E-state index is 12.5. The van der Waals surface area contributed by atoms with Gasteiger partial charge in [0.05, 0.1) is 5.41 Å². The van der Waals surface area contributed by atoms with Crippen LogP contribution in [0.25, 0.3) is 0 Å². The molecule has 2 aliphatic rings.